The SMILES string of the molecule is CC(CN1CCCC1=O)NC1CCN(C(=O)N(C)C)CC1. The largest absolute Gasteiger partial charge is 0.341 e. The number of likely N-dealkylation sites (tertiary alicyclic amines) is 2. The molecule has 0 spiro atoms. The monoisotopic (exact) mass is 296 g/mol. The first-order valence-corrected chi connectivity index (χ1v) is 7.97. The number of nitrogens with one attached hydrogen (secondary N) is 1. The zero-order valence-corrected chi connectivity index (χ0v) is 13.5. The molecule has 2 aliphatic heterocycles. The molecule has 3 amide bonds. The van der Waals surface area contributed by atoms with Crippen LogP contribution in [0.2, 0.25) is 0 Å². The van der Waals surface area contributed by atoms with Crippen molar-refractivity contribution in [1.82, 2.24) is 20.0 Å². The van der Waals surface area contributed by atoms with E-state index < -0.39 is 0 Å². The van der Waals surface area contributed by atoms with Gasteiger partial charge in [-0.15, -0.1) is 0 Å². The van der Waals surface area contributed by atoms with Crippen molar-refractivity contribution in [2.75, 3.05) is 40.3 Å². The van der Waals surface area contributed by atoms with Gasteiger partial charge in [0.2, 0.25) is 5.91 Å². The van der Waals surface area contributed by atoms with Crippen LogP contribution in [0.4, 0.5) is 4.79 Å². The number of nitrogens with zero attached hydrogens (tertiary/aromatic N) is 3. The van der Waals surface area contributed by atoms with Crippen LogP contribution in [0.15, 0.2) is 0 Å². The molecule has 0 saturated carbocycles. The smallest absolute Gasteiger partial charge is 0.319 e. The summed E-state index contributed by atoms with van der Waals surface area (Å²) in [5.74, 6) is 0.287. The van der Waals surface area contributed by atoms with Gasteiger partial charge in [-0.25, -0.2) is 4.79 Å². The molecular weight excluding hydrogens is 268 g/mol. The summed E-state index contributed by atoms with van der Waals surface area (Å²) in [7, 11) is 3.59. The van der Waals surface area contributed by atoms with E-state index in [1.165, 1.54) is 0 Å². The van der Waals surface area contributed by atoms with Gasteiger partial charge in [-0.3, -0.25) is 4.79 Å². The lowest BCUT2D eigenvalue weighted by molar-refractivity contribution is -0.128. The highest BCUT2D eigenvalue weighted by atomic mass is 16.2. The Morgan fingerprint density at radius 3 is 2.52 bits per heavy atom. The molecule has 2 rings (SSSR count). The van der Waals surface area contributed by atoms with Crippen LogP contribution in [0.3, 0.4) is 0 Å². The van der Waals surface area contributed by atoms with Gasteiger partial charge in [-0.1, -0.05) is 0 Å². The zero-order valence-electron chi connectivity index (χ0n) is 13.5. The summed E-state index contributed by atoms with van der Waals surface area (Å²) in [5, 5.41) is 3.61. The van der Waals surface area contributed by atoms with Crippen molar-refractivity contribution in [3.05, 3.63) is 0 Å². The normalized spacial score (nSPS) is 21.8. The fourth-order valence-corrected chi connectivity index (χ4v) is 3.20. The predicted octanol–water partition coefficient (Wildman–Crippen LogP) is 0.733. The third-order valence-electron chi connectivity index (χ3n) is 4.33. The number of urea groups is 1. The number of hydrogen-bond donors (Lipinski definition) is 1. The summed E-state index contributed by atoms with van der Waals surface area (Å²) < 4.78 is 0. The fraction of sp³-hybridized carbons (Fsp3) is 0.867. The van der Waals surface area contributed by atoms with Crippen LogP contribution < -0.4 is 5.32 Å². The van der Waals surface area contributed by atoms with Crippen LogP contribution in [0.5, 0.6) is 0 Å². The molecule has 0 radical (unpaired) electrons. The molecule has 1 unspecified atom stereocenters. The van der Waals surface area contributed by atoms with Crippen molar-refractivity contribution in [1.29, 1.82) is 0 Å². The molecule has 0 aliphatic carbocycles. The Balaban J connectivity index is 1.70. The fourth-order valence-electron chi connectivity index (χ4n) is 3.20. The second-order valence-electron chi connectivity index (χ2n) is 6.45. The summed E-state index contributed by atoms with van der Waals surface area (Å²) >= 11 is 0. The van der Waals surface area contributed by atoms with Gasteiger partial charge >= 0.3 is 6.03 Å². The van der Waals surface area contributed by atoms with Gasteiger partial charge in [0.1, 0.15) is 0 Å². The van der Waals surface area contributed by atoms with Gasteiger partial charge in [0.25, 0.3) is 0 Å². The van der Waals surface area contributed by atoms with E-state index in [2.05, 4.69) is 12.2 Å². The summed E-state index contributed by atoms with van der Waals surface area (Å²) in [5.41, 5.74) is 0. The molecule has 6 nitrogen and oxygen atoms in total. The maximum atomic E-state index is 11.9. The Morgan fingerprint density at radius 2 is 2.00 bits per heavy atom. The maximum Gasteiger partial charge on any atom is 0.319 e. The first kappa shape index (κ1) is 16.1. The molecule has 2 saturated heterocycles. The Kier molecular flexibility index (Phi) is 5.45. The van der Waals surface area contributed by atoms with E-state index in [9.17, 15) is 9.59 Å². The van der Waals surface area contributed by atoms with Crippen molar-refractivity contribution in [3.8, 4) is 0 Å². The molecule has 0 aromatic rings. The van der Waals surface area contributed by atoms with Crippen molar-refractivity contribution in [2.24, 2.45) is 0 Å². The third kappa shape index (κ3) is 4.33. The molecule has 0 aromatic heterocycles. The molecular formula is C15H28N4O2. The first-order chi connectivity index (χ1) is 9.97. The lowest BCUT2D eigenvalue weighted by Gasteiger charge is -2.35. The second-order valence-corrected chi connectivity index (χ2v) is 6.45. The van der Waals surface area contributed by atoms with E-state index in [-0.39, 0.29) is 11.9 Å². The Morgan fingerprint density at radius 1 is 1.33 bits per heavy atom. The lowest BCUT2D eigenvalue weighted by Crippen LogP contribution is -2.51. The van der Waals surface area contributed by atoms with Gasteiger partial charge in [-0.2, -0.15) is 0 Å². The van der Waals surface area contributed by atoms with Gasteiger partial charge in [0.15, 0.2) is 0 Å². The number of carbonyl (C=O) groups excluding carboxylic acids is 2. The molecule has 2 fully saturated rings. The number of rotatable bonds is 4. The average Bonchev–Trinajstić information content (AvgIpc) is 2.84. The number of hydrogen-bond acceptors (Lipinski definition) is 3. The molecule has 1 atom stereocenters. The lowest BCUT2D eigenvalue weighted by atomic mass is 10.0. The molecule has 2 aliphatic rings. The van der Waals surface area contributed by atoms with E-state index in [1.807, 2.05) is 9.80 Å². The summed E-state index contributed by atoms with van der Waals surface area (Å²) in [4.78, 5) is 29.0. The van der Waals surface area contributed by atoms with Crippen LogP contribution in [0.1, 0.15) is 32.6 Å². The highest BCUT2D eigenvalue weighted by molar-refractivity contribution is 5.78. The second kappa shape index (κ2) is 7.11. The standard InChI is InChI=1S/C15H28N4O2/c1-12(11-19-8-4-5-14(19)20)16-13-6-9-18(10-7-13)15(21)17(2)3/h12-13,16H,4-11H2,1-3H3. The van der Waals surface area contributed by atoms with Crippen molar-refractivity contribution in [3.63, 3.8) is 0 Å². The molecule has 0 bridgehead atoms. The van der Waals surface area contributed by atoms with E-state index in [4.69, 9.17) is 0 Å². The van der Waals surface area contributed by atoms with E-state index in [1.54, 1.807) is 19.0 Å². The topological polar surface area (TPSA) is 55.9 Å². The summed E-state index contributed by atoms with van der Waals surface area (Å²) in [6.07, 6.45) is 3.67. The van der Waals surface area contributed by atoms with Crippen LogP contribution in [0, 0.1) is 0 Å². The zero-order chi connectivity index (χ0) is 15.4. The van der Waals surface area contributed by atoms with Crippen molar-refractivity contribution < 1.29 is 9.59 Å². The Hall–Kier alpha value is -1.30. The molecule has 6 heteroatoms. The Labute approximate surface area is 127 Å². The highest BCUT2D eigenvalue weighted by Gasteiger charge is 2.26. The highest BCUT2D eigenvalue weighted by Crippen LogP contribution is 2.14. The van der Waals surface area contributed by atoms with Gasteiger partial charge < -0.3 is 20.0 Å². The third-order valence-corrected chi connectivity index (χ3v) is 4.33. The van der Waals surface area contributed by atoms with Crippen LogP contribution in [0.25, 0.3) is 0 Å². The molecule has 0 aromatic carbocycles. The van der Waals surface area contributed by atoms with E-state index >= 15 is 0 Å². The summed E-state index contributed by atoms with van der Waals surface area (Å²) in [6, 6.07) is 0.862. The number of carbonyl (C=O) groups is 2. The molecule has 1 N–H and O–H groups in total. The average molecular weight is 296 g/mol. The van der Waals surface area contributed by atoms with Crippen LogP contribution in [-0.4, -0.2) is 79.0 Å². The minimum absolute atomic E-state index is 0.101. The first-order valence-electron chi connectivity index (χ1n) is 7.97. The van der Waals surface area contributed by atoms with Crippen molar-refractivity contribution >= 4 is 11.9 Å². The Bertz CT molecular complexity index is 378. The van der Waals surface area contributed by atoms with E-state index in [0.717, 1.165) is 45.4 Å². The minimum Gasteiger partial charge on any atom is -0.341 e. The van der Waals surface area contributed by atoms with Crippen molar-refractivity contribution in [2.45, 2.75) is 44.7 Å². The predicted molar refractivity (Wildman–Crippen MR) is 82.1 cm³/mol. The van der Waals surface area contributed by atoms with Gasteiger partial charge in [0.05, 0.1) is 0 Å². The maximum absolute atomic E-state index is 11.9. The van der Waals surface area contributed by atoms with Crippen LogP contribution >= 0.6 is 0 Å². The van der Waals surface area contributed by atoms with E-state index in [0.29, 0.717) is 18.5 Å². The quantitative estimate of drug-likeness (QED) is 0.832. The molecule has 2 heterocycles. The van der Waals surface area contributed by atoms with Gasteiger partial charge in [0, 0.05) is 58.8 Å². The number of piperidine rings is 1. The summed E-state index contributed by atoms with van der Waals surface area (Å²) in [6.45, 7) is 5.47. The molecule has 21 heavy (non-hydrogen) atoms. The van der Waals surface area contributed by atoms with Gasteiger partial charge in [-0.05, 0) is 26.2 Å². The molecule has 120 valence electrons. The minimum atomic E-state index is 0.101. The number of amides is 3. The van der Waals surface area contributed by atoms with Crippen LogP contribution in [-0.2, 0) is 4.79 Å².